The van der Waals surface area contributed by atoms with Gasteiger partial charge in [0.1, 0.15) is 17.1 Å². The van der Waals surface area contributed by atoms with E-state index < -0.39 is 24.4 Å². The van der Waals surface area contributed by atoms with Crippen molar-refractivity contribution in [3.05, 3.63) is 60.3 Å². The molecule has 4 aromatic rings. The molecule has 4 rings (SSSR count). The van der Waals surface area contributed by atoms with Crippen LogP contribution >= 0.6 is 0 Å². The van der Waals surface area contributed by atoms with Crippen molar-refractivity contribution in [3.8, 4) is 22.8 Å². The maximum Gasteiger partial charge on any atom is 0.192 e. The molecule has 3 aromatic heterocycles. The van der Waals surface area contributed by atoms with E-state index in [0.29, 0.717) is 49.9 Å². The average molecular weight is 683 g/mol. The summed E-state index contributed by atoms with van der Waals surface area (Å²) in [7, 11) is -0.344. The summed E-state index contributed by atoms with van der Waals surface area (Å²) in [5.41, 5.74) is 3.78. The lowest BCUT2D eigenvalue weighted by atomic mass is 10.0. The predicted molar refractivity (Wildman–Crippen MR) is 189 cm³/mol. The third kappa shape index (κ3) is 9.37. The number of ether oxygens (including phenoxy) is 2. The molecule has 0 bridgehead atoms. The number of methoxy groups -OCH3 is 1. The van der Waals surface area contributed by atoms with Gasteiger partial charge in [-0.05, 0) is 76.0 Å². The van der Waals surface area contributed by atoms with Crippen molar-refractivity contribution in [1.82, 2.24) is 29.5 Å². The lowest BCUT2D eigenvalue weighted by Crippen LogP contribution is -2.41. The number of benzene rings is 1. The standard InChI is InChI=1S/C34H50N6O5SSi/c1-33(2,3)46(42)39-29(14-11-15-41)28-13-10-12-27(38-28)24-18-30-26(31(19-24)44-17-16-43-7)21-36-40(30)32-22-35-20-25(37-32)23-45-47(8,9)34(4,5)6/h10,12-13,18-22,29,39,41H,11,14-17,23H2,1-9H3/t29-,46+/m0/s1. The van der Waals surface area contributed by atoms with Gasteiger partial charge >= 0.3 is 0 Å². The number of fused-ring (bicyclic) bond motifs is 1. The molecular weight excluding hydrogens is 633 g/mol. The lowest BCUT2D eigenvalue weighted by Gasteiger charge is -2.36. The zero-order chi connectivity index (χ0) is 34.4. The second-order valence-electron chi connectivity index (χ2n) is 14.1. The summed E-state index contributed by atoms with van der Waals surface area (Å²) in [5, 5.41) is 15.1. The van der Waals surface area contributed by atoms with Gasteiger partial charge in [0.25, 0.3) is 0 Å². The highest BCUT2D eigenvalue weighted by molar-refractivity contribution is 7.90. The van der Waals surface area contributed by atoms with Gasteiger partial charge in [0.05, 0.1) is 65.8 Å². The molecule has 256 valence electrons. The van der Waals surface area contributed by atoms with Gasteiger partial charge < -0.3 is 23.6 Å². The van der Waals surface area contributed by atoms with Gasteiger partial charge in [-0.25, -0.2) is 9.67 Å². The lowest BCUT2D eigenvalue weighted by molar-refractivity contribution is 0.147. The van der Waals surface area contributed by atoms with Gasteiger partial charge in [0, 0.05) is 30.6 Å². The molecule has 3 heterocycles. The van der Waals surface area contributed by atoms with Crippen molar-refractivity contribution in [2.24, 2.45) is 0 Å². The number of rotatable bonds is 15. The molecular formula is C34H50N6O5SSi. The van der Waals surface area contributed by atoms with Crippen LogP contribution < -0.4 is 9.46 Å². The number of aliphatic hydroxyl groups excluding tert-OH is 1. The van der Waals surface area contributed by atoms with E-state index in [-0.39, 0.29) is 17.7 Å². The largest absolute Gasteiger partial charge is 0.598 e. The average Bonchev–Trinajstić information content (AvgIpc) is 3.45. The molecule has 0 unspecified atom stereocenters. The summed E-state index contributed by atoms with van der Waals surface area (Å²) < 4.78 is 35.4. The van der Waals surface area contributed by atoms with E-state index in [4.69, 9.17) is 29.0 Å². The second kappa shape index (κ2) is 15.5. The minimum atomic E-state index is -1.98. The van der Waals surface area contributed by atoms with Crippen LogP contribution in [0.5, 0.6) is 5.75 Å². The molecule has 2 N–H and O–H groups in total. The fourth-order valence-corrected chi connectivity index (χ4v) is 6.28. The highest BCUT2D eigenvalue weighted by atomic mass is 32.2. The first-order valence-electron chi connectivity index (χ1n) is 16.0. The highest BCUT2D eigenvalue weighted by Gasteiger charge is 2.37. The molecule has 0 spiro atoms. The van der Waals surface area contributed by atoms with Crippen molar-refractivity contribution in [2.75, 3.05) is 26.9 Å². The highest BCUT2D eigenvalue weighted by Crippen LogP contribution is 2.37. The molecule has 0 saturated heterocycles. The third-order valence-electron chi connectivity index (χ3n) is 8.35. The van der Waals surface area contributed by atoms with Crippen molar-refractivity contribution in [2.45, 2.75) is 89.9 Å². The summed E-state index contributed by atoms with van der Waals surface area (Å²) in [5.74, 6) is 1.21. The fraction of sp³-hybridized carbons (Fsp3) is 0.529. The maximum atomic E-state index is 13.0. The second-order valence-corrected chi connectivity index (χ2v) is 20.9. The first kappa shape index (κ1) is 36.9. The Balaban J connectivity index is 1.75. The molecule has 0 saturated carbocycles. The molecule has 0 aliphatic rings. The van der Waals surface area contributed by atoms with Crippen molar-refractivity contribution in [3.63, 3.8) is 0 Å². The van der Waals surface area contributed by atoms with Crippen LogP contribution in [-0.4, -0.2) is 74.4 Å². The van der Waals surface area contributed by atoms with E-state index in [1.165, 1.54) is 0 Å². The van der Waals surface area contributed by atoms with Crippen LogP contribution in [0.3, 0.4) is 0 Å². The monoisotopic (exact) mass is 682 g/mol. The number of aromatic nitrogens is 5. The molecule has 2 atom stereocenters. The number of pyridine rings is 1. The van der Waals surface area contributed by atoms with Crippen LogP contribution in [0.1, 0.15) is 71.8 Å². The number of nitrogens with zero attached hydrogens (tertiary/aromatic N) is 5. The molecule has 0 amide bonds. The minimum absolute atomic E-state index is 0.0371. The van der Waals surface area contributed by atoms with E-state index in [1.54, 1.807) is 30.4 Å². The summed E-state index contributed by atoms with van der Waals surface area (Å²) in [6, 6.07) is 9.46. The fourth-order valence-electron chi connectivity index (χ4n) is 4.49. The summed E-state index contributed by atoms with van der Waals surface area (Å²) >= 11 is -1.32. The van der Waals surface area contributed by atoms with E-state index >= 15 is 0 Å². The summed E-state index contributed by atoms with van der Waals surface area (Å²) in [6.45, 7) is 18.0. The normalized spacial score (nSPS) is 14.0. The van der Waals surface area contributed by atoms with Crippen molar-refractivity contribution < 1.29 is 23.6 Å². The molecule has 0 aliphatic heterocycles. The smallest absolute Gasteiger partial charge is 0.192 e. The zero-order valence-electron chi connectivity index (χ0n) is 29.2. The van der Waals surface area contributed by atoms with Gasteiger partial charge in [-0.2, -0.15) is 5.10 Å². The van der Waals surface area contributed by atoms with Gasteiger partial charge in [0.2, 0.25) is 0 Å². The maximum absolute atomic E-state index is 13.0. The Kier molecular flexibility index (Phi) is 12.2. The van der Waals surface area contributed by atoms with E-state index in [0.717, 1.165) is 27.9 Å². The molecule has 47 heavy (non-hydrogen) atoms. The Bertz CT molecular complexity index is 1620. The van der Waals surface area contributed by atoms with Crippen LogP contribution in [0.4, 0.5) is 0 Å². The van der Waals surface area contributed by atoms with E-state index in [9.17, 15) is 9.66 Å². The molecule has 0 fully saturated rings. The molecule has 11 nitrogen and oxygen atoms in total. The number of hydrogen-bond donors (Lipinski definition) is 2. The molecule has 1 aromatic carbocycles. The topological polar surface area (TPSA) is 140 Å². The van der Waals surface area contributed by atoms with Crippen molar-refractivity contribution in [1.29, 1.82) is 0 Å². The van der Waals surface area contributed by atoms with Crippen LogP contribution in [0.2, 0.25) is 18.1 Å². The SMILES string of the molecule is COCCOc1cc(-c2cccc([C@H](CCCO)N[S@+]([O-])C(C)(C)C)n2)cc2c1cnn2-c1cncc(CO[Si](C)(C)C(C)(C)C)n1. The number of hydrogen-bond acceptors (Lipinski definition) is 10. The Hall–Kier alpha value is -2.91. The van der Waals surface area contributed by atoms with Crippen LogP contribution in [0.15, 0.2) is 48.9 Å². The summed E-state index contributed by atoms with van der Waals surface area (Å²) in [4.78, 5) is 14.4. The van der Waals surface area contributed by atoms with Gasteiger partial charge in [-0.15, -0.1) is 4.72 Å². The first-order chi connectivity index (χ1) is 22.1. The predicted octanol–water partition coefficient (Wildman–Crippen LogP) is 6.29. The minimum Gasteiger partial charge on any atom is -0.598 e. The van der Waals surface area contributed by atoms with Gasteiger partial charge in [-0.1, -0.05) is 26.8 Å². The number of aliphatic hydroxyl groups is 1. The Morgan fingerprint density at radius 1 is 1.04 bits per heavy atom. The van der Waals surface area contributed by atoms with Gasteiger partial charge in [0.15, 0.2) is 14.1 Å². The van der Waals surface area contributed by atoms with Crippen LogP contribution in [-0.2, 0) is 27.1 Å². The molecule has 0 aliphatic carbocycles. The first-order valence-corrected chi connectivity index (χ1v) is 20.1. The zero-order valence-corrected chi connectivity index (χ0v) is 31.0. The van der Waals surface area contributed by atoms with Crippen molar-refractivity contribution >= 4 is 30.6 Å². The Morgan fingerprint density at radius 2 is 1.81 bits per heavy atom. The Labute approximate surface area is 282 Å². The van der Waals surface area contributed by atoms with Gasteiger partial charge in [-0.3, -0.25) is 9.97 Å². The quantitative estimate of drug-likeness (QED) is 0.0836. The third-order valence-corrected chi connectivity index (χ3v) is 14.4. The van der Waals surface area contributed by atoms with E-state index in [1.807, 2.05) is 51.1 Å². The number of nitrogens with one attached hydrogen (secondary N) is 1. The van der Waals surface area contributed by atoms with Crippen LogP contribution in [0, 0.1) is 0 Å². The van der Waals surface area contributed by atoms with Crippen LogP contribution in [0.25, 0.3) is 28.0 Å². The molecule has 13 heteroatoms. The summed E-state index contributed by atoms with van der Waals surface area (Å²) in [6.07, 6.45) is 6.32. The molecule has 0 radical (unpaired) electrons. The van der Waals surface area contributed by atoms with E-state index in [2.05, 4.69) is 43.6 Å². The Morgan fingerprint density at radius 3 is 2.49 bits per heavy atom.